The van der Waals surface area contributed by atoms with E-state index < -0.39 is 17.5 Å². The van der Waals surface area contributed by atoms with E-state index >= 15 is 0 Å². The molecule has 1 atom stereocenters. The summed E-state index contributed by atoms with van der Waals surface area (Å²) in [5, 5.41) is 25.3. The van der Waals surface area contributed by atoms with Crippen LogP contribution in [0.3, 0.4) is 0 Å². The Morgan fingerprint density at radius 1 is 1.08 bits per heavy atom. The minimum atomic E-state index is -1.00. The molecule has 0 saturated heterocycles. The summed E-state index contributed by atoms with van der Waals surface area (Å²) in [6.45, 7) is 7.38. The summed E-state index contributed by atoms with van der Waals surface area (Å²) >= 11 is 0. The second kappa shape index (κ2) is 10.7. The highest BCUT2D eigenvalue weighted by Crippen LogP contribution is 2.27. The first-order chi connectivity index (χ1) is 17.6. The first-order valence-electron chi connectivity index (χ1n) is 11.9. The number of hydrogen-bond donors (Lipinski definition) is 2. The number of aromatic hydroxyl groups is 1. The molecule has 1 unspecified atom stereocenters. The zero-order valence-electron chi connectivity index (χ0n) is 21.3. The number of hydrogen-bond acceptors (Lipinski definition) is 7. The molecule has 0 spiro atoms. The summed E-state index contributed by atoms with van der Waals surface area (Å²) in [7, 11) is 0. The molecule has 0 fully saturated rings. The number of nitrogens with one attached hydrogen (secondary N) is 1. The first kappa shape index (κ1) is 25.6. The molecule has 4 rings (SSSR count). The average molecular weight is 503 g/mol. The molecule has 10 heteroatoms. The van der Waals surface area contributed by atoms with E-state index in [1.54, 1.807) is 24.3 Å². The van der Waals surface area contributed by atoms with Crippen LogP contribution in [0.25, 0.3) is 11.4 Å². The van der Waals surface area contributed by atoms with Crippen molar-refractivity contribution in [3.05, 3.63) is 83.8 Å². The van der Waals surface area contributed by atoms with Gasteiger partial charge in [0, 0.05) is 11.1 Å². The van der Waals surface area contributed by atoms with E-state index in [1.807, 2.05) is 52.0 Å². The number of rotatable bonds is 8. The standard InChI is InChI=1S/C27H30N6O4/c1-18-7-9-20(10-8-18)25-29-31-33(30-25)17-23(35)32(16-22-6-5-15-37-22)24(26(36)28-27(2,3)4)19-11-13-21(34)14-12-19/h5-15,24,34H,16-17H2,1-4H3,(H,28,36). The van der Waals surface area contributed by atoms with Crippen LogP contribution in [0.15, 0.2) is 71.3 Å². The number of aromatic nitrogens is 4. The number of furan rings is 1. The van der Waals surface area contributed by atoms with Crippen molar-refractivity contribution in [2.45, 2.75) is 52.4 Å². The zero-order chi connectivity index (χ0) is 26.6. The third kappa shape index (κ3) is 6.60. The maximum Gasteiger partial charge on any atom is 0.247 e. The Bertz CT molecular complexity index is 1340. The molecule has 2 aromatic carbocycles. The molecule has 2 heterocycles. The Morgan fingerprint density at radius 3 is 2.41 bits per heavy atom. The van der Waals surface area contributed by atoms with E-state index in [-0.39, 0.29) is 24.7 Å². The number of nitrogens with zero attached hydrogens (tertiary/aromatic N) is 5. The number of carbonyl (C=O) groups excluding carboxylic acids is 2. The Kier molecular flexibility index (Phi) is 7.37. The molecule has 4 aromatic rings. The van der Waals surface area contributed by atoms with Gasteiger partial charge < -0.3 is 19.7 Å². The third-order valence-electron chi connectivity index (χ3n) is 5.53. The van der Waals surface area contributed by atoms with Gasteiger partial charge in [0.25, 0.3) is 0 Å². The molecule has 2 N–H and O–H groups in total. The molecule has 10 nitrogen and oxygen atoms in total. The average Bonchev–Trinajstić information content (AvgIpc) is 3.51. The molecular weight excluding hydrogens is 472 g/mol. The normalized spacial score (nSPS) is 12.2. The van der Waals surface area contributed by atoms with Crippen LogP contribution in [0.1, 0.15) is 43.7 Å². The van der Waals surface area contributed by atoms with E-state index in [1.165, 1.54) is 28.1 Å². The monoisotopic (exact) mass is 502 g/mol. The molecular formula is C27H30N6O4. The predicted octanol–water partition coefficient (Wildman–Crippen LogP) is 3.63. The van der Waals surface area contributed by atoms with Crippen molar-refractivity contribution in [2.75, 3.05) is 0 Å². The number of aryl methyl sites for hydroxylation is 1. The Hall–Kier alpha value is -4.47. The highest BCUT2D eigenvalue weighted by molar-refractivity contribution is 5.89. The maximum absolute atomic E-state index is 13.7. The Morgan fingerprint density at radius 2 is 1.78 bits per heavy atom. The van der Waals surface area contributed by atoms with Gasteiger partial charge in [0.2, 0.25) is 17.6 Å². The summed E-state index contributed by atoms with van der Waals surface area (Å²) in [6, 6.07) is 16.3. The Balaban J connectivity index is 1.66. The zero-order valence-corrected chi connectivity index (χ0v) is 21.3. The summed E-state index contributed by atoms with van der Waals surface area (Å²) in [5.41, 5.74) is 1.88. The van der Waals surface area contributed by atoms with Crippen molar-refractivity contribution in [2.24, 2.45) is 0 Å². The van der Waals surface area contributed by atoms with Gasteiger partial charge in [-0.25, -0.2) is 0 Å². The highest BCUT2D eigenvalue weighted by atomic mass is 16.3. The van der Waals surface area contributed by atoms with Crippen LogP contribution in [0.5, 0.6) is 5.75 Å². The van der Waals surface area contributed by atoms with Crippen molar-refractivity contribution < 1.29 is 19.1 Å². The second-order valence-corrected chi connectivity index (χ2v) is 9.84. The second-order valence-electron chi connectivity index (χ2n) is 9.84. The van der Waals surface area contributed by atoms with Crippen molar-refractivity contribution in [1.82, 2.24) is 30.4 Å². The Labute approximate surface area is 214 Å². The molecule has 0 aliphatic heterocycles. The smallest absolute Gasteiger partial charge is 0.247 e. The number of phenolic OH excluding ortho intramolecular Hbond substituents is 1. The fraction of sp³-hybridized carbons (Fsp3) is 0.296. The van der Waals surface area contributed by atoms with Crippen LogP contribution < -0.4 is 5.32 Å². The number of benzene rings is 2. The molecule has 2 amide bonds. The first-order valence-corrected chi connectivity index (χ1v) is 11.9. The van der Waals surface area contributed by atoms with Crippen LogP contribution in [0.2, 0.25) is 0 Å². The maximum atomic E-state index is 13.7. The quantitative estimate of drug-likeness (QED) is 0.377. The molecule has 0 saturated carbocycles. The number of carbonyl (C=O) groups is 2. The van der Waals surface area contributed by atoms with Gasteiger partial charge >= 0.3 is 0 Å². The molecule has 37 heavy (non-hydrogen) atoms. The number of phenols is 1. The molecule has 0 bridgehead atoms. The van der Waals surface area contributed by atoms with Gasteiger partial charge in [-0.05, 0) is 62.7 Å². The minimum absolute atomic E-state index is 0.0362. The number of amides is 2. The third-order valence-corrected chi connectivity index (χ3v) is 5.53. The van der Waals surface area contributed by atoms with Gasteiger partial charge in [-0.3, -0.25) is 9.59 Å². The van der Waals surface area contributed by atoms with Gasteiger partial charge in [0.05, 0.1) is 12.8 Å². The van der Waals surface area contributed by atoms with Gasteiger partial charge in [-0.2, -0.15) is 4.80 Å². The van der Waals surface area contributed by atoms with Gasteiger partial charge in [-0.15, -0.1) is 10.2 Å². The molecule has 192 valence electrons. The van der Waals surface area contributed by atoms with Crippen molar-refractivity contribution in [1.29, 1.82) is 0 Å². The predicted molar refractivity (Wildman–Crippen MR) is 136 cm³/mol. The summed E-state index contributed by atoms with van der Waals surface area (Å²) in [6.07, 6.45) is 1.51. The molecule has 0 aliphatic carbocycles. The lowest BCUT2D eigenvalue weighted by Gasteiger charge is -2.33. The summed E-state index contributed by atoms with van der Waals surface area (Å²) in [5.74, 6) is 0.174. The van der Waals surface area contributed by atoms with Crippen LogP contribution in [0, 0.1) is 6.92 Å². The van der Waals surface area contributed by atoms with E-state index in [4.69, 9.17) is 4.42 Å². The topological polar surface area (TPSA) is 126 Å². The van der Waals surface area contributed by atoms with Gasteiger partial charge in [0.1, 0.15) is 24.1 Å². The van der Waals surface area contributed by atoms with Gasteiger partial charge in [0.15, 0.2) is 0 Å². The van der Waals surface area contributed by atoms with E-state index in [2.05, 4.69) is 20.7 Å². The van der Waals surface area contributed by atoms with E-state index in [0.29, 0.717) is 17.1 Å². The largest absolute Gasteiger partial charge is 0.508 e. The van der Waals surface area contributed by atoms with Crippen LogP contribution in [0.4, 0.5) is 0 Å². The lowest BCUT2D eigenvalue weighted by Crippen LogP contribution is -2.49. The van der Waals surface area contributed by atoms with E-state index in [0.717, 1.165) is 11.1 Å². The fourth-order valence-electron chi connectivity index (χ4n) is 3.80. The van der Waals surface area contributed by atoms with E-state index in [9.17, 15) is 14.7 Å². The SMILES string of the molecule is Cc1ccc(-c2nnn(CC(=O)N(Cc3ccco3)C(C(=O)NC(C)(C)C)c3ccc(O)cc3)n2)cc1. The molecule has 0 radical (unpaired) electrons. The lowest BCUT2D eigenvalue weighted by atomic mass is 10.0. The molecule has 2 aromatic heterocycles. The fourth-order valence-corrected chi connectivity index (χ4v) is 3.80. The van der Waals surface area contributed by atoms with Crippen LogP contribution in [-0.4, -0.2) is 47.6 Å². The highest BCUT2D eigenvalue weighted by Gasteiger charge is 2.34. The molecule has 0 aliphatic rings. The van der Waals surface area contributed by atoms with Crippen molar-refractivity contribution >= 4 is 11.8 Å². The summed E-state index contributed by atoms with van der Waals surface area (Å²) < 4.78 is 5.51. The van der Waals surface area contributed by atoms with Crippen molar-refractivity contribution in [3.8, 4) is 17.1 Å². The summed E-state index contributed by atoms with van der Waals surface area (Å²) in [4.78, 5) is 29.9. The van der Waals surface area contributed by atoms with Crippen LogP contribution >= 0.6 is 0 Å². The minimum Gasteiger partial charge on any atom is -0.508 e. The van der Waals surface area contributed by atoms with Gasteiger partial charge in [-0.1, -0.05) is 42.0 Å². The van der Waals surface area contributed by atoms with Crippen molar-refractivity contribution in [3.63, 3.8) is 0 Å². The lowest BCUT2D eigenvalue weighted by molar-refractivity contribution is -0.143. The number of tetrazole rings is 1. The van der Waals surface area contributed by atoms with Crippen LogP contribution in [-0.2, 0) is 22.7 Å².